The van der Waals surface area contributed by atoms with Crippen molar-refractivity contribution in [2.24, 2.45) is 0 Å². The van der Waals surface area contributed by atoms with Crippen molar-refractivity contribution in [3.8, 4) is 28.7 Å². The van der Waals surface area contributed by atoms with E-state index in [4.69, 9.17) is 25.8 Å². The summed E-state index contributed by atoms with van der Waals surface area (Å²) in [5.41, 5.74) is 1.62. The number of aryl methyl sites for hydroxylation is 1. The van der Waals surface area contributed by atoms with E-state index in [1.54, 1.807) is 24.3 Å². The molecule has 3 heterocycles. The number of thiazole rings is 1. The van der Waals surface area contributed by atoms with E-state index in [9.17, 15) is 8.42 Å². The molecular formula is C21H24ClN7O5S2. The van der Waals surface area contributed by atoms with Gasteiger partial charge in [-0.05, 0) is 32.0 Å². The second-order valence-electron chi connectivity index (χ2n) is 7.64. The summed E-state index contributed by atoms with van der Waals surface area (Å²) >= 11 is 7.14. The van der Waals surface area contributed by atoms with Gasteiger partial charge in [0.1, 0.15) is 43.6 Å². The number of ether oxygens (including phenoxy) is 3. The Morgan fingerprint density at radius 2 is 1.86 bits per heavy atom. The largest absolute Gasteiger partial charge is 0.494 e. The van der Waals surface area contributed by atoms with Crippen molar-refractivity contribution >= 4 is 38.9 Å². The molecule has 12 nitrogen and oxygen atoms in total. The first-order valence-corrected chi connectivity index (χ1v) is 13.3. The molecule has 2 N–H and O–H groups in total. The Hall–Kier alpha value is -3.20. The number of sulfonamides is 1. The highest BCUT2D eigenvalue weighted by molar-refractivity contribution is 7.93. The number of hydrogen-bond donors (Lipinski definition) is 2. The fourth-order valence-electron chi connectivity index (χ4n) is 3.59. The number of halogens is 1. The predicted molar refractivity (Wildman–Crippen MR) is 136 cm³/mol. The number of rotatable bonds is 10. The summed E-state index contributed by atoms with van der Waals surface area (Å²) in [6, 6.07) is 6.94. The van der Waals surface area contributed by atoms with Crippen molar-refractivity contribution in [2.75, 3.05) is 26.1 Å². The fourth-order valence-corrected chi connectivity index (χ4v) is 5.92. The second-order valence-corrected chi connectivity index (χ2v) is 11.4. The van der Waals surface area contributed by atoms with Gasteiger partial charge in [-0.25, -0.2) is 13.4 Å². The quantitative estimate of drug-likeness (QED) is 0.300. The number of anilines is 1. The Bertz CT molecular complexity index is 1440. The number of benzene rings is 1. The van der Waals surface area contributed by atoms with Crippen molar-refractivity contribution in [1.29, 1.82) is 0 Å². The molecule has 1 aromatic carbocycles. The lowest BCUT2D eigenvalue weighted by Crippen LogP contribution is -2.32. The van der Waals surface area contributed by atoms with Crippen LogP contribution in [0.3, 0.4) is 0 Å². The minimum absolute atomic E-state index is 0.0904. The Balaban J connectivity index is 1.83. The molecule has 15 heteroatoms. The number of para-hydroxylation sites is 1. The number of methoxy groups -OCH3 is 3. The van der Waals surface area contributed by atoms with Gasteiger partial charge in [-0.1, -0.05) is 17.7 Å². The van der Waals surface area contributed by atoms with Crippen LogP contribution in [0.1, 0.15) is 23.7 Å². The summed E-state index contributed by atoms with van der Waals surface area (Å²) in [6.07, 6.45) is 0.578. The minimum Gasteiger partial charge on any atom is -0.494 e. The van der Waals surface area contributed by atoms with Gasteiger partial charge in [0.05, 0.1) is 20.4 Å². The highest BCUT2D eigenvalue weighted by atomic mass is 35.5. The van der Waals surface area contributed by atoms with Crippen LogP contribution >= 0.6 is 22.9 Å². The molecule has 4 aromatic rings. The van der Waals surface area contributed by atoms with E-state index in [0.29, 0.717) is 32.2 Å². The second kappa shape index (κ2) is 10.4. The van der Waals surface area contributed by atoms with Crippen LogP contribution in [0, 0.1) is 6.92 Å². The van der Waals surface area contributed by atoms with Gasteiger partial charge >= 0.3 is 0 Å². The maximum absolute atomic E-state index is 13.5. The first-order valence-electron chi connectivity index (χ1n) is 10.5. The maximum atomic E-state index is 13.5. The molecule has 36 heavy (non-hydrogen) atoms. The molecule has 0 saturated heterocycles. The normalized spacial score (nSPS) is 13.4. The van der Waals surface area contributed by atoms with Gasteiger partial charge in [-0.2, -0.15) is 5.10 Å². The predicted octanol–water partition coefficient (Wildman–Crippen LogP) is 3.61. The van der Waals surface area contributed by atoms with Crippen molar-refractivity contribution < 1.29 is 22.6 Å². The minimum atomic E-state index is -4.08. The highest BCUT2D eigenvalue weighted by Gasteiger charge is 2.35. The summed E-state index contributed by atoms with van der Waals surface area (Å²) in [7, 11) is 0.318. The molecule has 0 radical (unpaired) electrons. The molecule has 4 rings (SSSR count). The average molecular weight is 554 g/mol. The van der Waals surface area contributed by atoms with E-state index in [0.717, 1.165) is 17.0 Å². The molecule has 0 unspecified atom stereocenters. The Morgan fingerprint density at radius 1 is 1.17 bits per heavy atom. The van der Waals surface area contributed by atoms with E-state index in [-0.39, 0.29) is 11.8 Å². The average Bonchev–Trinajstić information content (AvgIpc) is 3.58. The van der Waals surface area contributed by atoms with Crippen molar-refractivity contribution in [1.82, 2.24) is 29.9 Å². The molecule has 3 aromatic heterocycles. The van der Waals surface area contributed by atoms with Crippen LogP contribution in [0.5, 0.6) is 11.5 Å². The van der Waals surface area contributed by atoms with Gasteiger partial charge in [0, 0.05) is 12.8 Å². The van der Waals surface area contributed by atoms with Gasteiger partial charge in [-0.3, -0.25) is 14.4 Å². The lowest BCUT2D eigenvalue weighted by atomic mass is 10.2. The monoisotopic (exact) mass is 553 g/mol. The smallest absolute Gasteiger partial charge is 0.243 e. The van der Waals surface area contributed by atoms with Crippen LogP contribution in [0.25, 0.3) is 17.2 Å². The van der Waals surface area contributed by atoms with Crippen LogP contribution in [0.2, 0.25) is 4.34 Å². The molecule has 0 saturated carbocycles. The molecule has 192 valence electrons. The molecule has 0 amide bonds. The van der Waals surface area contributed by atoms with Gasteiger partial charge in [-0.15, -0.1) is 21.5 Å². The highest BCUT2D eigenvalue weighted by Crippen LogP contribution is 2.38. The lowest BCUT2D eigenvalue weighted by molar-refractivity contribution is 0.102. The molecule has 0 bridgehead atoms. The van der Waals surface area contributed by atoms with Crippen molar-refractivity contribution in [2.45, 2.75) is 25.2 Å². The third-order valence-corrected chi connectivity index (χ3v) is 8.24. The lowest BCUT2D eigenvalue weighted by Gasteiger charge is -2.22. The third-order valence-electron chi connectivity index (χ3n) is 5.37. The molecule has 0 aliphatic rings. The standard InChI is InChI=1S/C21H24ClN7O5S2/c1-11-9-13(25-24-11)19-26-27-21(29(19)17-14(32-3)7-6-8-15(17)33-4)28-36(30,31)12(2)18(34-5)20-23-10-16(22)35-20/h6-10,12,18H,1-5H3,(H,24,25)(H,27,28)/t12-,18-/m1/s1. The summed E-state index contributed by atoms with van der Waals surface area (Å²) in [5.74, 6) is 0.988. The van der Waals surface area contributed by atoms with Crippen molar-refractivity contribution in [3.05, 3.63) is 45.5 Å². The first-order chi connectivity index (χ1) is 17.2. The molecule has 0 spiro atoms. The van der Waals surface area contributed by atoms with Crippen LogP contribution < -0.4 is 14.2 Å². The summed E-state index contributed by atoms with van der Waals surface area (Å²) in [4.78, 5) is 4.18. The molecule has 2 atom stereocenters. The number of nitrogens with zero attached hydrogens (tertiary/aromatic N) is 5. The number of aromatic amines is 1. The van der Waals surface area contributed by atoms with E-state index in [1.807, 2.05) is 6.92 Å². The maximum Gasteiger partial charge on any atom is 0.243 e. The zero-order chi connectivity index (χ0) is 26.0. The van der Waals surface area contributed by atoms with Gasteiger partial charge in [0.25, 0.3) is 0 Å². The topological polar surface area (TPSA) is 146 Å². The number of aromatic nitrogens is 6. The summed E-state index contributed by atoms with van der Waals surface area (Å²) < 4.78 is 48.1. The van der Waals surface area contributed by atoms with E-state index >= 15 is 0 Å². The van der Waals surface area contributed by atoms with Crippen LogP contribution in [0.4, 0.5) is 5.95 Å². The first kappa shape index (κ1) is 25.9. The fraction of sp³-hybridized carbons (Fsp3) is 0.333. The number of nitrogens with one attached hydrogen (secondary N) is 2. The zero-order valence-electron chi connectivity index (χ0n) is 20.0. The SMILES string of the molecule is COc1cccc(OC)c1-n1c(NS(=O)(=O)[C@H](C)[C@@H](OC)c2ncc(Cl)s2)nnc1-c1cc(C)[nH]n1. The molecule has 0 fully saturated rings. The molecular weight excluding hydrogens is 530 g/mol. The third kappa shape index (κ3) is 4.89. The van der Waals surface area contributed by atoms with E-state index in [1.165, 1.54) is 39.0 Å². The molecule has 0 aliphatic heterocycles. The van der Waals surface area contributed by atoms with Crippen LogP contribution in [-0.2, 0) is 14.8 Å². The van der Waals surface area contributed by atoms with Gasteiger partial charge in [0.15, 0.2) is 5.82 Å². The van der Waals surface area contributed by atoms with Gasteiger partial charge in [0.2, 0.25) is 16.0 Å². The Morgan fingerprint density at radius 3 is 2.39 bits per heavy atom. The number of hydrogen-bond acceptors (Lipinski definition) is 10. The zero-order valence-corrected chi connectivity index (χ0v) is 22.4. The summed E-state index contributed by atoms with van der Waals surface area (Å²) in [5, 5.41) is 14.9. The van der Waals surface area contributed by atoms with E-state index in [2.05, 4.69) is 30.1 Å². The van der Waals surface area contributed by atoms with Crippen molar-refractivity contribution in [3.63, 3.8) is 0 Å². The van der Waals surface area contributed by atoms with Crippen LogP contribution in [-0.4, -0.2) is 64.9 Å². The van der Waals surface area contributed by atoms with Gasteiger partial charge < -0.3 is 14.2 Å². The van der Waals surface area contributed by atoms with Crippen LogP contribution in [0.15, 0.2) is 30.5 Å². The molecule has 0 aliphatic carbocycles. The van der Waals surface area contributed by atoms with E-state index < -0.39 is 21.4 Å². The Labute approximate surface area is 216 Å². The Kier molecular flexibility index (Phi) is 7.49. The summed E-state index contributed by atoms with van der Waals surface area (Å²) in [6.45, 7) is 3.34. The number of H-pyrrole nitrogens is 1.